The summed E-state index contributed by atoms with van der Waals surface area (Å²) >= 11 is 0. The minimum absolute atomic E-state index is 0.0394. The topological polar surface area (TPSA) is 55.8 Å². The van der Waals surface area contributed by atoms with Gasteiger partial charge in [0.15, 0.2) is 0 Å². The number of carbonyl (C=O) groups excluding carboxylic acids is 2. The molecular formula is C12H19NO4. The average Bonchev–Trinajstić information content (AvgIpc) is 2.64. The number of rotatable bonds is 1. The van der Waals surface area contributed by atoms with Crippen LogP contribution in [0.2, 0.25) is 0 Å². The van der Waals surface area contributed by atoms with Gasteiger partial charge in [-0.15, -0.1) is 0 Å². The highest BCUT2D eigenvalue weighted by molar-refractivity contribution is 5.75. The Kier molecular flexibility index (Phi) is 3.54. The number of hydrogen-bond acceptors (Lipinski definition) is 4. The number of esters is 1. The largest absolute Gasteiger partial charge is 0.469 e. The molecule has 2 aliphatic rings. The number of nitrogens with zero attached hydrogens (tertiary/aromatic N) is 1. The lowest BCUT2D eigenvalue weighted by Crippen LogP contribution is -2.45. The zero-order chi connectivity index (χ0) is 12.4. The van der Waals surface area contributed by atoms with Crippen molar-refractivity contribution in [3.05, 3.63) is 0 Å². The molecule has 0 aromatic rings. The third-order valence-electron chi connectivity index (χ3n) is 3.95. The second-order valence-corrected chi connectivity index (χ2v) is 4.74. The van der Waals surface area contributed by atoms with Crippen LogP contribution in [0.1, 0.15) is 32.1 Å². The third-order valence-corrected chi connectivity index (χ3v) is 3.95. The molecule has 0 spiro atoms. The first-order valence-corrected chi connectivity index (χ1v) is 6.13. The highest BCUT2D eigenvalue weighted by Gasteiger charge is 2.46. The van der Waals surface area contributed by atoms with Gasteiger partial charge in [-0.3, -0.25) is 4.79 Å². The van der Waals surface area contributed by atoms with E-state index < -0.39 is 0 Å². The first-order chi connectivity index (χ1) is 8.19. The summed E-state index contributed by atoms with van der Waals surface area (Å²) in [4.78, 5) is 25.3. The Labute approximate surface area is 101 Å². The van der Waals surface area contributed by atoms with Gasteiger partial charge in [0, 0.05) is 12.1 Å². The summed E-state index contributed by atoms with van der Waals surface area (Å²) in [5, 5.41) is 0. The van der Waals surface area contributed by atoms with Gasteiger partial charge >= 0.3 is 12.1 Å². The summed E-state index contributed by atoms with van der Waals surface area (Å²) < 4.78 is 9.66. The molecule has 5 heteroatoms. The van der Waals surface area contributed by atoms with E-state index in [1.54, 1.807) is 4.90 Å². The van der Waals surface area contributed by atoms with Crippen LogP contribution in [0.3, 0.4) is 0 Å². The first-order valence-electron chi connectivity index (χ1n) is 6.13. The van der Waals surface area contributed by atoms with Crippen molar-refractivity contribution in [2.24, 2.45) is 5.92 Å². The van der Waals surface area contributed by atoms with Crippen molar-refractivity contribution in [2.45, 2.75) is 44.2 Å². The molecule has 0 aliphatic carbocycles. The predicted octanol–water partition coefficient (Wildman–Crippen LogP) is 1.56. The Balaban J connectivity index is 2.21. The van der Waals surface area contributed by atoms with E-state index in [9.17, 15) is 9.59 Å². The van der Waals surface area contributed by atoms with Gasteiger partial charge < -0.3 is 14.4 Å². The molecule has 0 saturated carbocycles. The Morgan fingerprint density at radius 1 is 1.06 bits per heavy atom. The Bertz CT molecular complexity index is 318. The lowest BCUT2D eigenvalue weighted by molar-refractivity contribution is -0.147. The van der Waals surface area contributed by atoms with Crippen LogP contribution in [0.5, 0.6) is 0 Å². The van der Waals surface area contributed by atoms with Gasteiger partial charge in [-0.05, 0) is 25.7 Å². The van der Waals surface area contributed by atoms with Crippen LogP contribution in [-0.4, -0.2) is 43.3 Å². The van der Waals surface area contributed by atoms with Gasteiger partial charge in [0.1, 0.15) is 0 Å². The highest BCUT2D eigenvalue weighted by Crippen LogP contribution is 2.38. The van der Waals surface area contributed by atoms with Crippen molar-refractivity contribution >= 4 is 12.1 Å². The van der Waals surface area contributed by atoms with E-state index in [4.69, 9.17) is 9.47 Å². The van der Waals surface area contributed by atoms with Crippen LogP contribution in [-0.2, 0) is 14.3 Å². The molecular weight excluding hydrogens is 222 g/mol. The summed E-state index contributed by atoms with van der Waals surface area (Å²) in [5.41, 5.74) is 0. The molecule has 0 radical (unpaired) electrons. The van der Waals surface area contributed by atoms with Crippen LogP contribution in [0.25, 0.3) is 0 Å². The maximum atomic E-state index is 11.8. The zero-order valence-corrected chi connectivity index (χ0v) is 10.3. The molecule has 1 amide bonds. The number of methoxy groups -OCH3 is 2. The maximum absolute atomic E-state index is 11.8. The van der Waals surface area contributed by atoms with Gasteiger partial charge in [-0.2, -0.15) is 0 Å². The Hall–Kier alpha value is -1.26. The van der Waals surface area contributed by atoms with Gasteiger partial charge in [-0.1, -0.05) is 6.42 Å². The molecule has 5 nitrogen and oxygen atoms in total. The fraction of sp³-hybridized carbons (Fsp3) is 0.833. The normalized spacial score (nSPS) is 31.9. The fourth-order valence-corrected chi connectivity index (χ4v) is 3.17. The van der Waals surface area contributed by atoms with Crippen molar-refractivity contribution in [3.63, 3.8) is 0 Å². The first kappa shape index (κ1) is 12.2. The molecule has 0 aromatic heterocycles. The van der Waals surface area contributed by atoms with Gasteiger partial charge in [-0.25, -0.2) is 4.79 Å². The molecule has 2 heterocycles. The minimum atomic E-state index is -0.312. The van der Waals surface area contributed by atoms with E-state index in [2.05, 4.69) is 0 Å². The number of amides is 1. The number of fused-ring (bicyclic) bond motifs is 2. The summed E-state index contributed by atoms with van der Waals surface area (Å²) in [6.45, 7) is 0. The van der Waals surface area contributed by atoms with Crippen LogP contribution < -0.4 is 0 Å². The van der Waals surface area contributed by atoms with Crippen molar-refractivity contribution in [1.82, 2.24) is 4.90 Å². The third kappa shape index (κ3) is 2.10. The highest BCUT2D eigenvalue weighted by atomic mass is 16.5. The molecule has 96 valence electrons. The van der Waals surface area contributed by atoms with E-state index in [0.29, 0.717) is 0 Å². The zero-order valence-electron chi connectivity index (χ0n) is 10.3. The lowest BCUT2D eigenvalue weighted by atomic mass is 9.90. The Morgan fingerprint density at radius 3 is 2.47 bits per heavy atom. The lowest BCUT2D eigenvalue weighted by Gasteiger charge is -2.29. The summed E-state index contributed by atoms with van der Waals surface area (Å²) in [6.07, 6.45) is 4.26. The van der Waals surface area contributed by atoms with Crippen molar-refractivity contribution in [2.75, 3.05) is 14.2 Å². The van der Waals surface area contributed by atoms with E-state index in [1.165, 1.54) is 14.2 Å². The van der Waals surface area contributed by atoms with E-state index in [-0.39, 0.29) is 30.1 Å². The summed E-state index contributed by atoms with van der Waals surface area (Å²) in [5.74, 6) is -0.391. The maximum Gasteiger partial charge on any atom is 0.410 e. The predicted molar refractivity (Wildman–Crippen MR) is 60.4 cm³/mol. The van der Waals surface area contributed by atoms with Crippen LogP contribution >= 0.6 is 0 Å². The molecule has 2 rings (SSSR count). The van der Waals surface area contributed by atoms with E-state index >= 15 is 0 Å². The SMILES string of the molecule is COC(=O)[C@H]1CCC[C@H]2CC[C@@H]1N2C(=O)OC. The fourth-order valence-electron chi connectivity index (χ4n) is 3.17. The van der Waals surface area contributed by atoms with Crippen LogP contribution in [0.4, 0.5) is 4.79 Å². The van der Waals surface area contributed by atoms with Crippen molar-refractivity contribution in [3.8, 4) is 0 Å². The van der Waals surface area contributed by atoms with Crippen LogP contribution in [0.15, 0.2) is 0 Å². The van der Waals surface area contributed by atoms with E-state index in [1.807, 2.05) is 0 Å². The number of ether oxygens (including phenoxy) is 2. The quantitative estimate of drug-likeness (QED) is 0.654. The van der Waals surface area contributed by atoms with Gasteiger partial charge in [0.05, 0.1) is 20.1 Å². The minimum Gasteiger partial charge on any atom is -0.469 e. The molecule has 2 fully saturated rings. The van der Waals surface area contributed by atoms with Crippen molar-refractivity contribution < 1.29 is 19.1 Å². The Morgan fingerprint density at radius 2 is 1.82 bits per heavy atom. The number of carbonyl (C=O) groups is 2. The molecule has 17 heavy (non-hydrogen) atoms. The standard InChI is InChI=1S/C12H19NO4/c1-16-11(14)9-5-3-4-8-6-7-10(9)13(8)12(15)17-2/h8-10H,3-7H2,1-2H3/t8-,9-,10-/m0/s1. The molecule has 0 N–H and O–H groups in total. The molecule has 2 saturated heterocycles. The molecule has 2 aliphatic heterocycles. The molecule has 0 aromatic carbocycles. The van der Waals surface area contributed by atoms with Gasteiger partial charge in [0.25, 0.3) is 0 Å². The van der Waals surface area contributed by atoms with Crippen LogP contribution in [0, 0.1) is 5.92 Å². The smallest absolute Gasteiger partial charge is 0.410 e. The summed E-state index contributed by atoms with van der Waals surface area (Å²) in [6, 6.07) is 0.199. The molecule has 0 unspecified atom stereocenters. The van der Waals surface area contributed by atoms with Crippen molar-refractivity contribution in [1.29, 1.82) is 0 Å². The molecule has 2 bridgehead atoms. The monoisotopic (exact) mass is 241 g/mol. The van der Waals surface area contributed by atoms with Gasteiger partial charge in [0.2, 0.25) is 0 Å². The second-order valence-electron chi connectivity index (χ2n) is 4.74. The van der Waals surface area contributed by atoms with E-state index in [0.717, 1.165) is 32.1 Å². The average molecular weight is 241 g/mol. The summed E-state index contributed by atoms with van der Waals surface area (Å²) in [7, 11) is 2.79. The number of hydrogen-bond donors (Lipinski definition) is 0. The second kappa shape index (κ2) is 4.94. The molecule has 3 atom stereocenters.